The highest BCUT2D eigenvalue weighted by molar-refractivity contribution is 6.59. The zero-order valence-electron chi connectivity index (χ0n) is 12.8. The molecule has 2 N–H and O–H groups in total. The van der Waals surface area contributed by atoms with Gasteiger partial charge in [-0.15, -0.1) is 0 Å². The molecule has 0 saturated heterocycles. The number of ether oxygens (including phenoxy) is 1. The van der Waals surface area contributed by atoms with Crippen LogP contribution in [-0.2, 0) is 0 Å². The van der Waals surface area contributed by atoms with Crippen LogP contribution < -0.4 is 10.2 Å². The molecule has 0 saturated carbocycles. The molecule has 0 unspecified atom stereocenters. The maximum absolute atomic E-state index is 9.14. The first kappa shape index (κ1) is 17.1. The van der Waals surface area contributed by atoms with E-state index in [1.807, 2.05) is 13.0 Å². The Morgan fingerprint density at radius 2 is 1.65 bits per heavy atom. The lowest BCUT2D eigenvalue weighted by Crippen LogP contribution is -2.31. The number of hydrogen-bond donors (Lipinski definition) is 2. The van der Waals surface area contributed by atoms with E-state index in [2.05, 4.69) is 6.92 Å². The second-order valence-corrected chi connectivity index (χ2v) is 5.36. The number of aryl methyl sites for hydroxylation is 1. The minimum Gasteiger partial charge on any atom is -0.494 e. The van der Waals surface area contributed by atoms with Crippen LogP contribution in [-0.4, -0.2) is 23.8 Å². The monoisotopic (exact) mass is 278 g/mol. The SMILES string of the molecule is CCCCCCCCCOc1ccc(B(O)O)c(C)c1. The van der Waals surface area contributed by atoms with Gasteiger partial charge in [0.25, 0.3) is 0 Å². The van der Waals surface area contributed by atoms with Gasteiger partial charge in [-0.1, -0.05) is 51.5 Å². The molecule has 0 amide bonds. The van der Waals surface area contributed by atoms with E-state index in [0.717, 1.165) is 24.3 Å². The predicted molar refractivity (Wildman–Crippen MR) is 84.5 cm³/mol. The van der Waals surface area contributed by atoms with E-state index in [-0.39, 0.29) is 0 Å². The Kier molecular flexibility index (Phi) is 8.39. The summed E-state index contributed by atoms with van der Waals surface area (Å²) >= 11 is 0. The van der Waals surface area contributed by atoms with Crippen molar-refractivity contribution in [1.82, 2.24) is 0 Å². The summed E-state index contributed by atoms with van der Waals surface area (Å²) in [6.07, 6.45) is 8.90. The van der Waals surface area contributed by atoms with Crippen molar-refractivity contribution >= 4 is 12.6 Å². The van der Waals surface area contributed by atoms with Crippen LogP contribution >= 0.6 is 0 Å². The van der Waals surface area contributed by atoms with Crippen LogP contribution in [0, 0.1) is 6.92 Å². The van der Waals surface area contributed by atoms with Gasteiger partial charge in [0, 0.05) is 0 Å². The van der Waals surface area contributed by atoms with E-state index < -0.39 is 7.12 Å². The summed E-state index contributed by atoms with van der Waals surface area (Å²) in [7, 11) is -1.41. The number of unbranched alkanes of at least 4 members (excludes halogenated alkanes) is 6. The molecule has 0 fully saturated rings. The lowest BCUT2D eigenvalue weighted by Gasteiger charge is -2.09. The van der Waals surface area contributed by atoms with E-state index >= 15 is 0 Å². The molecule has 1 rings (SSSR count). The fraction of sp³-hybridized carbons (Fsp3) is 0.625. The molecule has 0 spiro atoms. The maximum Gasteiger partial charge on any atom is 0.488 e. The summed E-state index contributed by atoms with van der Waals surface area (Å²) < 4.78 is 5.69. The third-order valence-electron chi connectivity index (χ3n) is 3.54. The number of rotatable bonds is 10. The smallest absolute Gasteiger partial charge is 0.488 e. The second kappa shape index (κ2) is 9.84. The van der Waals surface area contributed by atoms with Gasteiger partial charge in [0.1, 0.15) is 5.75 Å². The van der Waals surface area contributed by atoms with Crippen LogP contribution in [0.2, 0.25) is 0 Å². The topological polar surface area (TPSA) is 49.7 Å². The molecule has 112 valence electrons. The van der Waals surface area contributed by atoms with E-state index in [1.165, 1.54) is 38.5 Å². The van der Waals surface area contributed by atoms with Crippen molar-refractivity contribution in [2.24, 2.45) is 0 Å². The van der Waals surface area contributed by atoms with Gasteiger partial charge in [0.15, 0.2) is 0 Å². The van der Waals surface area contributed by atoms with E-state index in [9.17, 15) is 0 Å². The van der Waals surface area contributed by atoms with Gasteiger partial charge in [-0.25, -0.2) is 0 Å². The average molecular weight is 278 g/mol. The Morgan fingerprint density at radius 3 is 2.25 bits per heavy atom. The van der Waals surface area contributed by atoms with Crippen molar-refractivity contribution in [1.29, 1.82) is 0 Å². The molecule has 0 aromatic heterocycles. The Bertz CT molecular complexity index is 380. The maximum atomic E-state index is 9.14. The van der Waals surface area contributed by atoms with E-state index in [4.69, 9.17) is 14.8 Å². The fourth-order valence-corrected chi connectivity index (χ4v) is 2.28. The van der Waals surface area contributed by atoms with Crippen LogP contribution in [0.1, 0.15) is 57.4 Å². The van der Waals surface area contributed by atoms with E-state index in [1.54, 1.807) is 12.1 Å². The summed E-state index contributed by atoms with van der Waals surface area (Å²) in [6, 6.07) is 5.36. The summed E-state index contributed by atoms with van der Waals surface area (Å²) in [6.45, 7) is 4.82. The third kappa shape index (κ3) is 6.44. The van der Waals surface area contributed by atoms with Crippen molar-refractivity contribution in [3.05, 3.63) is 23.8 Å². The molecule has 0 aliphatic rings. The fourth-order valence-electron chi connectivity index (χ4n) is 2.28. The number of hydrogen-bond acceptors (Lipinski definition) is 3. The standard InChI is InChI=1S/C16H27BO3/c1-3-4-5-6-7-8-9-12-20-15-10-11-16(17(18)19)14(2)13-15/h10-11,13,18-19H,3-9,12H2,1-2H3. The molecule has 0 heterocycles. The third-order valence-corrected chi connectivity index (χ3v) is 3.54. The van der Waals surface area contributed by atoms with Crippen molar-refractivity contribution in [3.63, 3.8) is 0 Å². The molecule has 0 aliphatic carbocycles. The minimum absolute atomic E-state index is 0.535. The van der Waals surface area contributed by atoms with Crippen molar-refractivity contribution in [3.8, 4) is 5.75 Å². The van der Waals surface area contributed by atoms with Gasteiger partial charge in [0.05, 0.1) is 6.61 Å². The normalized spacial score (nSPS) is 10.6. The van der Waals surface area contributed by atoms with Gasteiger partial charge in [-0.05, 0) is 36.5 Å². The molecule has 0 bridgehead atoms. The first-order chi connectivity index (χ1) is 9.65. The Morgan fingerprint density at radius 1 is 1.00 bits per heavy atom. The zero-order valence-corrected chi connectivity index (χ0v) is 12.8. The van der Waals surface area contributed by atoms with Gasteiger partial charge < -0.3 is 14.8 Å². The summed E-state index contributed by atoms with van der Waals surface area (Å²) in [4.78, 5) is 0. The average Bonchev–Trinajstić information content (AvgIpc) is 2.41. The Balaban J connectivity index is 2.18. The molecular weight excluding hydrogens is 251 g/mol. The van der Waals surface area contributed by atoms with Gasteiger partial charge in [-0.2, -0.15) is 0 Å². The van der Waals surface area contributed by atoms with Gasteiger partial charge in [0.2, 0.25) is 0 Å². The second-order valence-electron chi connectivity index (χ2n) is 5.36. The molecule has 0 aliphatic heterocycles. The molecular formula is C16H27BO3. The van der Waals surface area contributed by atoms with Crippen molar-refractivity contribution in [2.45, 2.75) is 58.8 Å². The first-order valence-corrected chi connectivity index (χ1v) is 7.74. The largest absolute Gasteiger partial charge is 0.494 e. The minimum atomic E-state index is -1.41. The highest BCUT2D eigenvalue weighted by Crippen LogP contribution is 2.13. The van der Waals surface area contributed by atoms with Crippen LogP contribution in [0.5, 0.6) is 5.75 Å². The lowest BCUT2D eigenvalue weighted by atomic mass is 9.77. The molecule has 3 nitrogen and oxygen atoms in total. The Hall–Kier alpha value is -0.995. The Labute approximate surface area is 123 Å². The quantitative estimate of drug-likeness (QED) is 0.511. The van der Waals surface area contributed by atoms with Crippen molar-refractivity contribution < 1.29 is 14.8 Å². The predicted octanol–water partition coefficient (Wildman–Crippen LogP) is 2.80. The van der Waals surface area contributed by atoms with Crippen molar-refractivity contribution in [2.75, 3.05) is 6.61 Å². The first-order valence-electron chi connectivity index (χ1n) is 7.74. The molecule has 1 aromatic carbocycles. The molecule has 4 heteroatoms. The van der Waals surface area contributed by atoms with Crippen LogP contribution in [0.4, 0.5) is 0 Å². The zero-order chi connectivity index (χ0) is 14.8. The van der Waals surface area contributed by atoms with Gasteiger partial charge >= 0.3 is 7.12 Å². The molecule has 0 radical (unpaired) electrons. The van der Waals surface area contributed by atoms with Crippen LogP contribution in [0.15, 0.2) is 18.2 Å². The number of benzene rings is 1. The van der Waals surface area contributed by atoms with Crippen LogP contribution in [0.3, 0.4) is 0 Å². The summed E-state index contributed by atoms with van der Waals surface area (Å²) in [5.74, 6) is 0.804. The molecule has 20 heavy (non-hydrogen) atoms. The molecule has 1 aromatic rings. The summed E-state index contributed by atoms with van der Waals surface area (Å²) in [5.41, 5.74) is 1.38. The highest BCUT2D eigenvalue weighted by atomic mass is 16.5. The van der Waals surface area contributed by atoms with Crippen LogP contribution in [0.25, 0.3) is 0 Å². The lowest BCUT2D eigenvalue weighted by molar-refractivity contribution is 0.304. The van der Waals surface area contributed by atoms with E-state index in [0.29, 0.717) is 5.46 Å². The molecule has 0 atom stereocenters. The summed E-state index contributed by atoms with van der Waals surface area (Å²) in [5, 5.41) is 18.3. The highest BCUT2D eigenvalue weighted by Gasteiger charge is 2.13. The van der Waals surface area contributed by atoms with Gasteiger partial charge in [-0.3, -0.25) is 0 Å².